The van der Waals surface area contributed by atoms with E-state index in [2.05, 4.69) is 15.9 Å². The van der Waals surface area contributed by atoms with Crippen molar-refractivity contribution in [1.29, 1.82) is 0 Å². The Morgan fingerprint density at radius 1 is 1.36 bits per heavy atom. The highest BCUT2D eigenvalue weighted by atomic mass is 79.9. The van der Waals surface area contributed by atoms with Gasteiger partial charge in [-0.15, -0.1) is 0 Å². The molecule has 60 valence electrons. The van der Waals surface area contributed by atoms with E-state index in [1.807, 2.05) is 6.92 Å². The molecule has 0 bridgehead atoms. The molecule has 0 saturated heterocycles. The predicted octanol–water partition coefficient (Wildman–Crippen LogP) is 2.55. The van der Waals surface area contributed by atoms with Gasteiger partial charge in [-0.3, -0.25) is 0 Å². The number of hydrogen-bond acceptors (Lipinski definition) is 2. The fraction of sp³-hybridized carbons (Fsp3) is 0.250. The lowest BCUT2D eigenvalue weighted by molar-refractivity contribution is 0.399. The summed E-state index contributed by atoms with van der Waals surface area (Å²) in [5.41, 5.74) is 0.699. The smallest absolute Gasteiger partial charge is 0.161 e. The number of rotatable bonds is 1. The first-order valence-corrected chi connectivity index (χ1v) is 4.19. The molecule has 0 aromatic heterocycles. The van der Waals surface area contributed by atoms with E-state index in [9.17, 15) is 5.11 Å². The molecule has 1 unspecified atom stereocenters. The predicted molar refractivity (Wildman–Crippen MR) is 47.1 cm³/mol. The van der Waals surface area contributed by atoms with Crippen LogP contribution in [0.25, 0.3) is 0 Å². The summed E-state index contributed by atoms with van der Waals surface area (Å²) in [7, 11) is 0. The van der Waals surface area contributed by atoms with Crippen molar-refractivity contribution in [1.82, 2.24) is 0 Å². The SMILES string of the molecule is CC(Br)c1cccc(O)c1O. The molecule has 0 amide bonds. The highest BCUT2D eigenvalue weighted by Gasteiger charge is 2.09. The lowest BCUT2D eigenvalue weighted by atomic mass is 10.1. The van der Waals surface area contributed by atoms with Gasteiger partial charge >= 0.3 is 0 Å². The third-order valence-electron chi connectivity index (χ3n) is 1.47. The summed E-state index contributed by atoms with van der Waals surface area (Å²) in [6.07, 6.45) is 0. The summed E-state index contributed by atoms with van der Waals surface area (Å²) >= 11 is 3.30. The molecule has 0 spiro atoms. The van der Waals surface area contributed by atoms with Gasteiger partial charge in [-0.25, -0.2) is 0 Å². The van der Waals surface area contributed by atoms with E-state index in [1.54, 1.807) is 12.1 Å². The molecule has 0 fully saturated rings. The van der Waals surface area contributed by atoms with Crippen LogP contribution in [0.4, 0.5) is 0 Å². The first kappa shape index (κ1) is 8.40. The van der Waals surface area contributed by atoms with E-state index >= 15 is 0 Å². The van der Waals surface area contributed by atoms with Gasteiger partial charge in [-0.1, -0.05) is 28.1 Å². The van der Waals surface area contributed by atoms with Crippen LogP contribution in [0.2, 0.25) is 0 Å². The van der Waals surface area contributed by atoms with Gasteiger partial charge in [0.05, 0.1) is 0 Å². The number of hydrogen-bond donors (Lipinski definition) is 2. The van der Waals surface area contributed by atoms with Gasteiger partial charge in [-0.2, -0.15) is 0 Å². The molecule has 2 N–H and O–H groups in total. The summed E-state index contributed by atoms with van der Waals surface area (Å²) < 4.78 is 0. The molecule has 2 nitrogen and oxygen atoms in total. The number of halogens is 1. The normalized spacial score (nSPS) is 12.9. The van der Waals surface area contributed by atoms with Crippen LogP contribution in [-0.2, 0) is 0 Å². The Balaban J connectivity index is 3.17. The molecule has 1 aromatic carbocycles. The zero-order chi connectivity index (χ0) is 8.43. The Labute approximate surface area is 73.6 Å². The van der Waals surface area contributed by atoms with E-state index < -0.39 is 0 Å². The standard InChI is InChI=1S/C8H9BrO2/c1-5(9)6-3-2-4-7(10)8(6)11/h2-5,10-11H,1H3. The van der Waals surface area contributed by atoms with Crippen molar-refractivity contribution in [3.8, 4) is 11.5 Å². The van der Waals surface area contributed by atoms with Crippen molar-refractivity contribution >= 4 is 15.9 Å². The van der Waals surface area contributed by atoms with E-state index in [1.165, 1.54) is 6.07 Å². The van der Waals surface area contributed by atoms with Gasteiger partial charge in [-0.05, 0) is 13.0 Å². The molecule has 11 heavy (non-hydrogen) atoms. The van der Waals surface area contributed by atoms with Crippen molar-refractivity contribution < 1.29 is 10.2 Å². The minimum atomic E-state index is -0.0752. The van der Waals surface area contributed by atoms with Crippen LogP contribution in [0.15, 0.2) is 18.2 Å². The monoisotopic (exact) mass is 216 g/mol. The number of phenols is 2. The number of alkyl halides is 1. The molecule has 0 aliphatic rings. The summed E-state index contributed by atoms with van der Waals surface area (Å²) in [6.45, 7) is 1.88. The van der Waals surface area contributed by atoms with Crippen LogP contribution in [0.1, 0.15) is 17.3 Å². The van der Waals surface area contributed by atoms with Gasteiger partial charge < -0.3 is 10.2 Å². The topological polar surface area (TPSA) is 40.5 Å². The second-order valence-electron chi connectivity index (χ2n) is 2.33. The molecule has 0 aliphatic carbocycles. The Morgan fingerprint density at radius 2 is 2.00 bits per heavy atom. The zero-order valence-corrected chi connectivity index (χ0v) is 7.67. The molecule has 0 saturated carbocycles. The fourth-order valence-electron chi connectivity index (χ4n) is 0.870. The summed E-state index contributed by atoms with van der Waals surface area (Å²) in [4.78, 5) is 0.0506. The maximum absolute atomic E-state index is 9.29. The average molecular weight is 217 g/mol. The fourth-order valence-corrected chi connectivity index (χ4v) is 1.24. The van der Waals surface area contributed by atoms with Gasteiger partial charge in [0.25, 0.3) is 0 Å². The maximum atomic E-state index is 9.29. The Bertz CT molecular complexity index is 258. The van der Waals surface area contributed by atoms with Gasteiger partial charge in [0.15, 0.2) is 11.5 Å². The second-order valence-corrected chi connectivity index (χ2v) is 3.70. The van der Waals surface area contributed by atoms with Crippen LogP contribution in [0, 0.1) is 0 Å². The van der Waals surface area contributed by atoms with Crippen LogP contribution in [0.5, 0.6) is 11.5 Å². The third-order valence-corrected chi connectivity index (χ3v) is 1.97. The molecule has 0 radical (unpaired) electrons. The summed E-state index contributed by atoms with van der Waals surface area (Å²) in [5.74, 6) is -0.120. The molecule has 1 atom stereocenters. The molecule has 0 heterocycles. The Kier molecular flexibility index (Phi) is 2.39. The Hall–Kier alpha value is -0.700. The third kappa shape index (κ3) is 1.66. The average Bonchev–Trinajstić information content (AvgIpc) is 1.94. The van der Waals surface area contributed by atoms with E-state index in [4.69, 9.17) is 5.11 Å². The molecule has 0 aliphatic heterocycles. The van der Waals surface area contributed by atoms with Crippen molar-refractivity contribution in [3.05, 3.63) is 23.8 Å². The number of aromatic hydroxyl groups is 2. The minimum absolute atomic E-state index is 0.0446. The number of benzene rings is 1. The molecule has 1 aromatic rings. The minimum Gasteiger partial charge on any atom is -0.504 e. The first-order chi connectivity index (χ1) is 5.13. The quantitative estimate of drug-likeness (QED) is 0.560. The van der Waals surface area contributed by atoms with Crippen molar-refractivity contribution in [3.63, 3.8) is 0 Å². The summed E-state index contributed by atoms with van der Waals surface area (Å²) in [6, 6.07) is 4.91. The molecule has 1 rings (SSSR count). The van der Waals surface area contributed by atoms with Crippen molar-refractivity contribution in [2.45, 2.75) is 11.8 Å². The maximum Gasteiger partial charge on any atom is 0.161 e. The van der Waals surface area contributed by atoms with E-state index in [0.717, 1.165) is 0 Å². The largest absolute Gasteiger partial charge is 0.504 e. The molecular weight excluding hydrogens is 208 g/mol. The van der Waals surface area contributed by atoms with Crippen LogP contribution >= 0.6 is 15.9 Å². The first-order valence-electron chi connectivity index (χ1n) is 3.28. The zero-order valence-electron chi connectivity index (χ0n) is 6.08. The molecule has 3 heteroatoms. The van der Waals surface area contributed by atoms with Crippen LogP contribution < -0.4 is 0 Å². The highest BCUT2D eigenvalue weighted by Crippen LogP contribution is 2.35. The van der Waals surface area contributed by atoms with Crippen molar-refractivity contribution in [2.24, 2.45) is 0 Å². The number of para-hydroxylation sites is 1. The Morgan fingerprint density at radius 3 is 2.45 bits per heavy atom. The van der Waals surface area contributed by atoms with E-state index in [0.29, 0.717) is 5.56 Å². The summed E-state index contributed by atoms with van der Waals surface area (Å²) in [5, 5.41) is 18.4. The van der Waals surface area contributed by atoms with Gasteiger partial charge in [0.2, 0.25) is 0 Å². The number of phenolic OH excluding ortho intramolecular Hbond substituents is 2. The second kappa shape index (κ2) is 3.13. The van der Waals surface area contributed by atoms with Crippen LogP contribution in [-0.4, -0.2) is 10.2 Å². The lowest BCUT2D eigenvalue weighted by Gasteiger charge is -2.06. The van der Waals surface area contributed by atoms with Crippen molar-refractivity contribution in [2.75, 3.05) is 0 Å². The van der Waals surface area contributed by atoms with E-state index in [-0.39, 0.29) is 16.3 Å². The van der Waals surface area contributed by atoms with Crippen LogP contribution in [0.3, 0.4) is 0 Å². The molecular formula is C8H9BrO2. The van der Waals surface area contributed by atoms with Gasteiger partial charge in [0.1, 0.15) is 0 Å². The lowest BCUT2D eigenvalue weighted by Crippen LogP contribution is -1.83. The highest BCUT2D eigenvalue weighted by molar-refractivity contribution is 9.09. The van der Waals surface area contributed by atoms with Gasteiger partial charge in [0, 0.05) is 10.4 Å².